The number of halogens is 3. The summed E-state index contributed by atoms with van der Waals surface area (Å²) in [6, 6.07) is 8.37. The average Bonchev–Trinajstić information content (AvgIpc) is 2.35. The second-order valence-electron chi connectivity index (χ2n) is 4.21. The highest BCUT2D eigenvalue weighted by Gasteiger charge is 2.12. The standard InChI is InChI=1S/C14H11Cl3N2O/c1-7-2-3-8(14(18)19)12(4-7)20-13-6-10(16)9(15)5-11(13)17/h2-6H,1H3,(H3,18,19). The minimum absolute atomic E-state index is 0.0869. The molecule has 0 aliphatic heterocycles. The number of ether oxygens (including phenoxy) is 1. The number of rotatable bonds is 3. The number of nitrogens with two attached hydrogens (primary N) is 1. The van der Waals surface area contributed by atoms with Crippen LogP contribution in [0.3, 0.4) is 0 Å². The second kappa shape index (κ2) is 5.92. The van der Waals surface area contributed by atoms with Gasteiger partial charge in [0, 0.05) is 6.07 Å². The summed E-state index contributed by atoms with van der Waals surface area (Å²) in [5.74, 6) is 0.711. The molecular weight excluding hydrogens is 319 g/mol. The van der Waals surface area contributed by atoms with Crippen molar-refractivity contribution < 1.29 is 4.74 Å². The van der Waals surface area contributed by atoms with E-state index in [0.29, 0.717) is 32.1 Å². The van der Waals surface area contributed by atoms with Gasteiger partial charge in [-0.2, -0.15) is 0 Å². The smallest absolute Gasteiger partial charge is 0.147 e. The maximum absolute atomic E-state index is 7.56. The Labute approximate surface area is 131 Å². The monoisotopic (exact) mass is 328 g/mol. The first-order valence-electron chi connectivity index (χ1n) is 5.66. The molecule has 0 saturated heterocycles. The number of hydrogen-bond acceptors (Lipinski definition) is 2. The van der Waals surface area contributed by atoms with Crippen molar-refractivity contribution in [3.8, 4) is 11.5 Å². The molecule has 0 spiro atoms. The zero-order chi connectivity index (χ0) is 14.9. The normalized spacial score (nSPS) is 10.4. The molecule has 2 rings (SSSR count). The molecule has 2 aromatic carbocycles. The predicted molar refractivity (Wildman–Crippen MR) is 83.7 cm³/mol. The van der Waals surface area contributed by atoms with E-state index in [9.17, 15) is 0 Å². The van der Waals surface area contributed by atoms with Crippen LogP contribution in [-0.2, 0) is 0 Å². The Morgan fingerprint density at radius 3 is 2.30 bits per heavy atom. The summed E-state index contributed by atoms with van der Waals surface area (Å²) in [7, 11) is 0. The Morgan fingerprint density at radius 1 is 1.00 bits per heavy atom. The predicted octanol–water partition coefficient (Wildman–Crippen LogP) is 5.03. The molecule has 0 heterocycles. The summed E-state index contributed by atoms with van der Waals surface area (Å²) in [5.41, 5.74) is 6.99. The second-order valence-corrected chi connectivity index (χ2v) is 5.43. The van der Waals surface area contributed by atoms with Crippen LogP contribution in [0.4, 0.5) is 0 Å². The fourth-order valence-corrected chi connectivity index (χ4v) is 2.21. The van der Waals surface area contributed by atoms with Crippen molar-refractivity contribution in [2.75, 3.05) is 0 Å². The molecule has 3 N–H and O–H groups in total. The van der Waals surface area contributed by atoms with Crippen molar-refractivity contribution in [1.82, 2.24) is 0 Å². The third-order valence-corrected chi connectivity index (χ3v) is 3.64. The van der Waals surface area contributed by atoms with Crippen molar-refractivity contribution in [2.24, 2.45) is 5.73 Å². The van der Waals surface area contributed by atoms with E-state index in [1.807, 2.05) is 13.0 Å². The van der Waals surface area contributed by atoms with Crippen molar-refractivity contribution in [3.63, 3.8) is 0 Å². The van der Waals surface area contributed by atoms with Crippen molar-refractivity contribution in [3.05, 3.63) is 56.5 Å². The molecule has 0 fully saturated rings. The van der Waals surface area contributed by atoms with E-state index in [4.69, 9.17) is 50.7 Å². The third kappa shape index (κ3) is 3.18. The summed E-state index contributed by atoms with van der Waals surface area (Å²) in [4.78, 5) is 0. The lowest BCUT2D eigenvalue weighted by Gasteiger charge is -2.13. The van der Waals surface area contributed by atoms with Gasteiger partial charge in [0.2, 0.25) is 0 Å². The Hall–Kier alpha value is -1.42. The maximum Gasteiger partial charge on any atom is 0.147 e. The summed E-state index contributed by atoms with van der Waals surface area (Å²) in [6.45, 7) is 1.91. The first-order valence-corrected chi connectivity index (χ1v) is 6.79. The highest BCUT2D eigenvalue weighted by molar-refractivity contribution is 6.43. The molecule has 104 valence electrons. The molecular formula is C14H11Cl3N2O. The summed E-state index contributed by atoms with van der Waals surface area (Å²) >= 11 is 17.9. The molecule has 3 nitrogen and oxygen atoms in total. The summed E-state index contributed by atoms with van der Waals surface area (Å²) in [6.07, 6.45) is 0. The number of hydrogen-bond donors (Lipinski definition) is 2. The number of nitrogen functional groups attached to an aromatic ring is 1. The van der Waals surface area contributed by atoms with Gasteiger partial charge in [-0.05, 0) is 30.7 Å². The van der Waals surface area contributed by atoms with Crippen LogP contribution in [0.15, 0.2) is 30.3 Å². The van der Waals surface area contributed by atoms with Gasteiger partial charge in [-0.25, -0.2) is 0 Å². The van der Waals surface area contributed by atoms with Gasteiger partial charge in [0.25, 0.3) is 0 Å². The summed E-state index contributed by atoms with van der Waals surface area (Å²) < 4.78 is 5.72. The van der Waals surface area contributed by atoms with Crippen molar-refractivity contribution >= 4 is 40.6 Å². The molecule has 0 radical (unpaired) electrons. The molecule has 0 aliphatic rings. The van der Waals surface area contributed by atoms with Crippen molar-refractivity contribution in [1.29, 1.82) is 5.41 Å². The van der Waals surface area contributed by atoms with E-state index >= 15 is 0 Å². The van der Waals surface area contributed by atoms with Gasteiger partial charge < -0.3 is 10.5 Å². The first-order chi connectivity index (χ1) is 9.38. The van der Waals surface area contributed by atoms with Gasteiger partial charge in [0.15, 0.2) is 0 Å². The molecule has 0 amide bonds. The van der Waals surface area contributed by atoms with Crippen LogP contribution < -0.4 is 10.5 Å². The molecule has 20 heavy (non-hydrogen) atoms. The van der Waals surface area contributed by atoms with Crippen LogP contribution in [0.25, 0.3) is 0 Å². The Kier molecular flexibility index (Phi) is 4.43. The molecule has 0 aromatic heterocycles. The highest BCUT2D eigenvalue weighted by Crippen LogP contribution is 2.37. The molecule has 6 heteroatoms. The SMILES string of the molecule is Cc1ccc(C(=N)N)c(Oc2cc(Cl)c(Cl)cc2Cl)c1. The molecule has 0 saturated carbocycles. The van der Waals surface area contributed by atoms with E-state index in [1.165, 1.54) is 12.1 Å². The number of nitrogens with one attached hydrogen (secondary N) is 1. The fraction of sp³-hybridized carbons (Fsp3) is 0.0714. The minimum Gasteiger partial charge on any atom is -0.455 e. The van der Waals surface area contributed by atoms with E-state index < -0.39 is 0 Å². The van der Waals surface area contributed by atoms with Crippen LogP contribution >= 0.6 is 34.8 Å². The van der Waals surface area contributed by atoms with Gasteiger partial charge >= 0.3 is 0 Å². The largest absolute Gasteiger partial charge is 0.455 e. The van der Waals surface area contributed by atoms with E-state index in [0.717, 1.165) is 5.56 Å². The van der Waals surface area contributed by atoms with E-state index in [2.05, 4.69) is 0 Å². The molecule has 2 aromatic rings. The Balaban J connectivity index is 2.47. The minimum atomic E-state index is -0.0869. The van der Waals surface area contributed by atoms with Crippen molar-refractivity contribution in [2.45, 2.75) is 6.92 Å². The van der Waals surface area contributed by atoms with Crippen LogP contribution in [0.5, 0.6) is 11.5 Å². The molecule has 0 aliphatic carbocycles. The zero-order valence-electron chi connectivity index (χ0n) is 10.5. The summed E-state index contributed by atoms with van der Waals surface area (Å²) in [5, 5.41) is 8.57. The Morgan fingerprint density at radius 2 is 1.65 bits per heavy atom. The van der Waals surface area contributed by atoms with Gasteiger partial charge in [-0.3, -0.25) is 5.41 Å². The lowest BCUT2D eigenvalue weighted by molar-refractivity contribution is 0.481. The number of benzene rings is 2. The number of aryl methyl sites for hydroxylation is 1. The third-order valence-electron chi connectivity index (χ3n) is 2.62. The van der Waals surface area contributed by atoms with Crippen LogP contribution in [0.2, 0.25) is 15.1 Å². The van der Waals surface area contributed by atoms with Gasteiger partial charge in [-0.1, -0.05) is 40.9 Å². The lowest BCUT2D eigenvalue weighted by Crippen LogP contribution is -2.12. The van der Waals surface area contributed by atoms with Gasteiger partial charge in [-0.15, -0.1) is 0 Å². The Bertz CT molecular complexity index is 686. The molecule has 0 atom stereocenters. The van der Waals surface area contributed by atoms with E-state index in [1.54, 1.807) is 12.1 Å². The molecule has 0 bridgehead atoms. The number of amidine groups is 1. The fourth-order valence-electron chi connectivity index (χ4n) is 1.64. The molecule has 0 unspecified atom stereocenters. The van der Waals surface area contributed by atoms with Gasteiger partial charge in [0.05, 0.1) is 20.6 Å². The highest BCUT2D eigenvalue weighted by atomic mass is 35.5. The zero-order valence-corrected chi connectivity index (χ0v) is 12.8. The van der Waals surface area contributed by atoms with Crippen LogP contribution in [-0.4, -0.2) is 5.84 Å². The van der Waals surface area contributed by atoms with Crippen LogP contribution in [0, 0.1) is 12.3 Å². The lowest BCUT2D eigenvalue weighted by atomic mass is 10.1. The van der Waals surface area contributed by atoms with Gasteiger partial charge in [0.1, 0.15) is 17.3 Å². The topological polar surface area (TPSA) is 59.1 Å². The average molecular weight is 330 g/mol. The quantitative estimate of drug-likeness (QED) is 0.471. The van der Waals surface area contributed by atoms with E-state index in [-0.39, 0.29) is 5.84 Å². The first kappa shape index (κ1) is 15.0. The van der Waals surface area contributed by atoms with Crippen LogP contribution in [0.1, 0.15) is 11.1 Å². The maximum atomic E-state index is 7.56.